The van der Waals surface area contributed by atoms with Crippen LogP contribution in [0.1, 0.15) is 21.2 Å². The van der Waals surface area contributed by atoms with Crippen LogP contribution in [0.5, 0.6) is 0 Å². The van der Waals surface area contributed by atoms with E-state index in [9.17, 15) is 23.7 Å². The summed E-state index contributed by atoms with van der Waals surface area (Å²) in [7, 11) is 0. The van der Waals surface area contributed by atoms with Crippen molar-refractivity contribution >= 4 is 22.8 Å². The quantitative estimate of drug-likeness (QED) is 0.492. The van der Waals surface area contributed by atoms with Gasteiger partial charge < -0.3 is 0 Å². The van der Waals surface area contributed by atoms with Crippen molar-refractivity contribution in [3.63, 3.8) is 0 Å². The second-order valence-electron chi connectivity index (χ2n) is 3.99. The first-order valence-electron chi connectivity index (χ1n) is 5.56. The molecule has 21 heavy (non-hydrogen) atoms. The van der Waals surface area contributed by atoms with Crippen LogP contribution in [0.4, 0.5) is 14.5 Å². The van der Waals surface area contributed by atoms with Gasteiger partial charge in [0.25, 0.3) is 0 Å². The van der Waals surface area contributed by atoms with Crippen molar-refractivity contribution in [1.82, 2.24) is 0 Å². The molecule has 5 nitrogen and oxygen atoms in total. The Balaban J connectivity index is 2.54. The zero-order valence-electron chi connectivity index (χ0n) is 10.2. The van der Waals surface area contributed by atoms with Crippen molar-refractivity contribution in [3.8, 4) is 6.07 Å². The van der Waals surface area contributed by atoms with Crippen LogP contribution >= 0.6 is 11.3 Å². The van der Waals surface area contributed by atoms with E-state index in [4.69, 9.17) is 5.26 Å². The summed E-state index contributed by atoms with van der Waals surface area (Å²) < 4.78 is 27.3. The lowest BCUT2D eigenvalue weighted by Crippen LogP contribution is -2.13. The highest BCUT2D eigenvalue weighted by atomic mass is 32.1. The first-order chi connectivity index (χ1) is 9.95. The van der Waals surface area contributed by atoms with Gasteiger partial charge >= 0.3 is 5.69 Å². The number of nitriles is 1. The van der Waals surface area contributed by atoms with Gasteiger partial charge in [0.15, 0.2) is 5.78 Å². The molecule has 2 aromatic rings. The lowest BCUT2D eigenvalue weighted by atomic mass is 9.96. The molecule has 8 heteroatoms. The van der Waals surface area contributed by atoms with Crippen LogP contribution in [0.15, 0.2) is 29.6 Å². The molecule has 1 atom stereocenters. The van der Waals surface area contributed by atoms with E-state index < -0.39 is 39.5 Å². The van der Waals surface area contributed by atoms with E-state index in [0.29, 0.717) is 17.0 Å². The van der Waals surface area contributed by atoms with Gasteiger partial charge in [-0.3, -0.25) is 14.9 Å². The molecule has 0 radical (unpaired) electrons. The van der Waals surface area contributed by atoms with Crippen LogP contribution in [0.3, 0.4) is 0 Å². The van der Waals surface area contributed by atoms with Gasteiger partial charge in [0, 0.05) is 4.88 Å². The van der Waals surface area contributed by atoms with E-state index in [-0.39, 0.29) is 0 Å². The summed E-state index contributed by atoms with van der Waals surface area (Å²) in [5.74, 6) is -4.90. The van der Waals surface area contributed by atoms with E-state index >= 15 is 0 Å². The lowest BCUT2D eigenvalue weighted by Gasteiger charge is -2.07. The van der Waals surface area contributed by atoms with Crippen molar-refractivity contribution in [2.45, 2.75) is 5.92 Å². The number of hydrogen-bond acceptors (Lipinski definition) is 5. The number of ketones is 1. The maximum absolute atomic E-state index is 14.0. The minimum atomic E-state index is -1.44. The minimum Gasteiger partial charge on any atom is -0.292 e. The van der Waals surface area contributed by atoms with Crippen molar-refractivity contribution in [2.24, 2.45) is 0 Å². The standard InChI is InChI=1S/C13H6F2N2O3S/c14-7-4-8(12(15)10(5-7)17(19)20)13(18)9(6-16)11-2-1-3-21-11/h1-5,9H. The van der Waals surface area contributed by atoms with Crippen LogP contribution in [0.25, 0.3) is 0 Å². The van der Waals surface area contributed by atoms with Crippen molar-refractivity contribution < 1.29 is 18.5 Å². The fraction of sp³-hybridized carbons (Fsp3) is 0.0769. The number of benzene rings is 1. The predicted molar refractivity (Wildman–Crippen MR) is 70.0 cm³/mol. The second kappa shape index (κ2) is 5.76. The molecule has 0 spiro atoms. The lowest BCUT2D eigenvalue weighted by molar-refractivity contribution is -0.387. The SMILES string of the molecule is N#CC(C(=O)c1cc(F)cc([N+](=O)[O-])c1F)c1cccs1. The molecule has 2 rings (SSSR count). The fourth-order valence-corrected chi connectivity index (χ4v) is 2.52. The normalized spacial score (nSPS) is 11.7. The third-order valence-corrected chi connectivity index (χ3v) is 3.64. The minimum absolute atomic E-state index is 0.355. The molecule has 0 saturated carbocycles. The Hall–Kier alpha value is -2.66. The smallest absolute Gasteiger partial charge is 0.292 e. The number of thiophene rings is 1. The molecule has 0 aliphatic carbocycles. The van der Waals surface area contributed by atoms with Crippen molar-refractivity contribution in [2.75, 3.05) is 0 Å². The van der Waals surface area contributed by atoms with Gasteiger partial charge in [-0.05, 0) is 17.5 Å². The number of halogens is 2. The van der Waals surface area contributed by atoms with E-state index in [1.165, 1.54) is 6.07 Å². The van der Waals surface area contributed by atoms with Gasteiger partial charge in [-0.25, -0.2) is 4.39 Å². The molecule has 0 bridgehead atoms. The monoisotopic (exact) mass is 308 g/mol. The molecular weight excluding hydrogens is 302 g/mol. The summed E-state index contributed by atoms with van der Waals surface area (Å²) in [5.41, 5.74) is -1.94. The number of nitro benzene ring substituents is 1. The van der Waals surface area contributed by atoms with Crippen LogP contribution in [0.2, 0.25) is 0 Å². The summed E-state index contributed by atoms with van der Waals surface area (Å²) >= 11 is 1.11. The van der Waals surface area contributed by atoms with E-state index in [2.05, 4.69) is 0 Å². The van der Waals surface area contributed by atoms with E-state index in [0.717, 1.165) is 11.3 Å². The first-order valence-corrected chi connectivity index (χ1v) is 6.44. The molecule has 0 N–H and O–H groups in total. The average molecular weight is 308 g/mol. The maximum Gasteiger partial charge on any atom is 0.308 e. The van der Waals surface area contributed by atoms with Crippen LogP contribution < -0.4 is 0 Å². The number of nitrogens with zero attached hydrogens (tertiary/aromatic N) is 2. The zero-order chi connectivity index (χ0) is 15.6. The summed E-state index contributed by atoms with van der Waals surface area (Å²) in [6.45, 7) is 0. The third-order valence-electron chi connectivity index (χ3n) is 2.70. The summed E-state index contributed by atoms with van der Waals surface area (Å²) in [6, 6.07) is 5.75. The zero-order valence-corrected chi connectivity index (χ0v) is 11.1. The number of carbonyl (C=O) groups is 1. The number of carbonyl (C=O) groups excluding carboxylic acids is 1. The first kappa shape index (κ1) is 14.7. The highest BCUT2D eigenvalue weighted by Gasteiger charge is 2.30. The predicted octanol–water partition coefficient (Wildman–Crippen LogP) is 3.42. The number of rotatable bonds is 4. The Labute approximate surface area is 121 Å². The molecule has 1 unspecified atom stereocenters. The van der Waals surface area contributed by atoms with Gasteiger partial charge in [-0.2, -0.15) is 9.65 Å². The largest absolute Gasteiger partial charge is 0.308 e. The summed E-state index contributed by atoms with van der Waals surface area (Å²) in [6.07, 6.45) is 0. The van der Waals surface area contributed by atoms with Crippen LogP contribution in [-0.2, 0) is 0 Å². The molecule has 0 saturated heterocycles. The number of nitro groups is 1. The number of hydrogen-bond donors (Lipinski definition) is 0. The topological polar surface area (TPSA) is 84.0 Å². The number of Topliss-reactive ketones (excluding diaryl/α,β-unsaturated/α-hetero) is 1. The molecule has 0 aliphatic heterocycles. The molecule has 1 heterocycles. The average Bonchev–Trinajstić information content (AvgIpc) is 2.95. The van der Waals surface area contributed by atoms with Crippen LogP contribution in [0, 0.1) is 33.1 Å². The molecule has 0 aliphatic rings. The summed E-state index contributed by atoms with van der Waals surface area (Å²) in [5, 5.41) is 21.3. The van der Waals surface area contributed by atoms with Gasteiger partial charge in [0.2, 0.25) is 5.82 Å². The Morgan fingerprint density at radius 3 is 2.67 bits per heavy atom. The van der Waals surface area contributed by atoms with Gasteiger partial charge in [-0.15, -0.1) is 11.3 Å². The molecule has 106 valence electrons. The highest BCUT2D eigenvalue weighted by molar-refractivity contribution is 7.10. The van der Waals surface area contributed by atoms with Crippen LogP contribution in [-0.4, -0.2) is 10.7 Å². The van der Waals surface area contributed by atoms with Gasteiger partial charge in [0.05, 0.1) is 22.6 Å². The van der Waals surface area contributed by atoms with Crippen molar-refractivity contribution in [1.29, 1.82) is 5.26 Å². The molecule has 0 fully saturated rings. The summed E-state index contributed by atoms with van der Waals surface area (Å²) in [4.78, 5) is 22.1. The third kappa shape index (κ3) is 2.78. The molecule has 1 aromatic carbocycles. The maximum atomic E-state index is 14.0. The molecule has 1 aromatic heterocycles. The Morgan fingerprint density at radius 1 is 1.43 bits per heavy atom. The molecule has 0 amide bonds. The van der Waals surface area contributed by atoms with E-state index in [1.54, 1.807) is 17.5 Å². The Morgan fingerprint density at radius 2 is 2.14 bits per heavy atom. The fourth-order valence-electron chi connectivity index (χ4n) is 1.75. The molecular formula is C13H6F2N2O3S. The second-order valence-corrected chi connectivity index (χ2v) is 4.96. The van der Waals surface area contributed by atoms with E-state index in [1.807, 2.05) is 0 Å². The highest BCUT2D eigenvalue weighted by Crippen LogP contribution is 2.29. The van der Waals surface area contributed by atoms with Gasteiger partial charge in [0.1, 0.15) is 11.7 Å². The Kier molecular flexibility index (Phi) is 4.05. The Bertz CT molecular complexity index is 754. The van der Waals surface area contributed by atoms with Crippen molar-refractivity contribution in [3.05, 3.63) is 61.8 Å². The van der Waals surface area contributed by atoms with Gasteiger partial charge in [-0.1, -0.05) is 6.07 Å².